The van der Waals surface area contributed by atoms with Crippen molar-refractivity contribution in [3.8, 4) is 0 Å². The van der Waals surface area contributed by atoms with Crippen LogP contribution in [0.2, 0.25) is 0 Å². The fourth-order valence-electron chi connectivity index (χ4n) is 3.32. The van der Waals surface area contributed by atoms with E-state index in [0.29, 0.717) is 0 Å². The average Bonchev–Trinajstić information content (AvgIpc) is 2.83. The van der Waals surface area contributed by atoms with Gasteiger partial charge in [-0.15, -0.1) is 0 Å². The van der Waals surface area contributed by atoms with Crippen LogP contribution in [-0.4, -0.2) is 36.6 Å². The van der Waals surface area contributed by atoms with Gasteiger partial charge in [-0.25, -0.2) is 0 Å². The van der Waals surface area contributed by atoms with E-state index in [9.17, 15) is 0 Å². The van der Waals surface area contributed by atoms with E-state index < -0.39 is 0 Å². The Hall–Kier alpha value is -0.0800. The Morgan fingerprint density at radius 2 is 2.00 bits per heavy atom. The SMILES string of the molecule is CC1C2CNCC2CCN1C1CC1. The first-order valence-corrected chi connectivity index (χ1v) is 5.82. The van der Waals surface area contributed by atoms with Crippen LogP contribution in [0.25, 0.3) is 0 Å². The standard InChI is InChI=1S/C11H20N2/c1-8-11-7-12-6-9(11)4-5-13(8)10-2-3-10/h8-12H,2-7H2,1H3. The number of piperidine rings is 1. The van der Waals surface area contributed by atoms with Crippen molar-refractivity contribution in [1.29, 1.82) is 0 Å². The molecule has 3 fully saturated rings. The Morgan fingerprint density at radius 1 is 1.15 bits per heavy atom. The molecule has 3 unspecified atom stereocenters. The number of nitrogens with zero attached hydrogens (tertiary/aromatic N) is 1. The highest BCUT2D eigenvalue weighted by Crippen LogP contribution is 2.38. The third-order valence-electron chi connectivity index (χ3n) is 4.31. The van der Waals surface area contributed by atoms with Crippen molar-refractivity contribution in [2.45, 2.75) is 38.3 Å². The summed E-state index contributed by atoms with van der Waals surface area (Å²) in [5, 5.41) is 3.55. The molecule has 3 rings (SSSR count). The van der Waals surface area contributed by atoms with Crippen molar-refractivity contribution >= 4 is 0 Å². The molecule has 2 nitrogen and oxygen atoms in total. The van der Waals surface area contributed by atoms with Crippen molar-refractivity contribution in [2.75, 3.05) is 19.6 Å². The molecule has 1 N–H and O–H groups in total. The Labute approximate surface area is 80.7 Å². The van der Waals surface area contributed by atoms with E-state index in [0.717, 1.165) is 23.9 Å². The summed E-state index contributed by atoms with van der Waals surface area (Å²) in [6.45, 7) is 6.37. The van der Waals surface area contributed by atoms with E-state index in [2.05, 4.69) is 17.1 Å². The number of hydrogen-bond donors (Lipinski definition) is 1. The molecule has 0 bridgehead atoms. The third-order valence-corrected chi connectivity index (χ3v) is 4.31. The van der Waals surface area contributed by atoms with Crippen molar-refractivity contribution in [3.63, 3.8) is 0 Å². The molecule has 0 amide bonds. The molecule has 2 heterocycles. The van der Waals surface area contributed by atoms with E-state index >= 15 is 0 Å². The van der Waals surface area contributed by atoms with Crippen LogP contribution in [0.1, 0.15) is 26.2 Å². The van der Waals surface area contributed by atoms with Crippen molar-refractivity contribution < 1.29 is 0 Å². The normalized spacial score (nSPS) is 46.4. The number of likely N-dealkylation sites (tertiary alicyclic amines) is 1. The first-order chi connectivity index (χ1) is 6.36. The summed E-state index contributed by atoms with van der Waals surface area (Å²) in [4.78, 5) is 2.77. The van der Waals surface area contributed by atoms with Crippen molar-refractivity contribution in [3.05, 3.63) is 0 Å². The van der Waals surface area contributed by atoms with Crippen LogP contribution in [0.4, 0.5) is 0 Å². The van der Waals surface area contributed by atoms with Crippen LogP contribution < -0.4 is 5.32 Å². The zero-order chi connectivity index (χ0) is 8.84. The molecule has 2 heteroatoms. The molecule has 74 valence electrons. The minimum absolute atomic E-state index is 0.848. The van der Waals surface area contributed by atoms with Gasteiger partial charge >= 0.3 is 0 Å². The van der Waals surface area contributed by atoms with E-state index in [1.54, 1.807) is 0 Å². The topological polar surface area (TPSA) is 15.3 Å². The summed E-state index contributed by atoms with van der Waals surface area (Å²) >= 11 is 0. The molecular formula is C11H20N2. The van der Waals surface area contributed by atoms with Crippen LogP contribution in [0.5, 0.6) is 0 Å². The smallest absolute Gasteiger partial charge is 0.0113 e. The van der Waals surface area contributed by atoms with Gasteiger partial charge in [-0.3, -0.25) is 4.90 Å². The van der Waals surface area contributed by atoms with Gasteiger partial charge in [-0.2, -0.15) is 0 Å². The first-order valence-electron chi connectivity index (χ1n) is 5.82. The summed E-state index contributed by atoms with van der Waals surface area (Å²) in [5.74, 6) is 1.94. The second-order valence-corrected chi connectivity index (χ2v) is 5.08. The maximum absolute atomic E-state index is 3.55. The fourth-order valence-corrected chi connectivity index (χ4v) is 3.32. The lowest BCUT2D eigenvalue weighted by atomic mass is 9.83. The second kappa shape index (κ2) is 2.96. The van der Waals surface area contributed by atoms with E-state index in [4.69, 9.17) is 0 Å². The highest BCUT2D eigenvalue weighted by molar-refractivity contribution is 4.98. The lowest BCUT2D eigenvalue weighted by Gasteiger charge is -2.41. The van der Waals surface area contributed by atoms with Crippen LogP contribution in [0.3, 0.4) is 0 Å². The van der Waals surface area contributed by atoms with Crippen molar-refractivity contribution in [1.82, 2.24) is 10.2 Å². The highest BCUT2D eigenvalue weighted by atomic mass is 15.2. The fraction of sp³-hybridized carbons (Fsp3) is 1.00. The minimum atomic E-state index is 0.848. The predicted octanol–water partition coefficient (Wildman–Crippen LogP) is 1.08. The Morgan fingerprint density at radius 3 is 2.77 bits per heavy atom. The Bertz CT molecular complexity index is 198. The number of nitrogens with one attached hydrogen (secondary N) is 1. The molecular weight excluding hydrogens is 160 g/mol. The molecule has 3 atom stereocenters. The summed E-state index contributed by atoms with van der Waals surface area (Å²) in [5.41, 5.74) is 0. The van der Waals surface area contributed by atoms with Crippen LogP contribution in [0.15, 0.2) is 0 Å². The summed E-state index contributed by atoms with van der Waals surface area (Å²) in [6.07, 6.45) is 4.38. The van der Waals surface area contributed by atoms with Gasteiger partial charge in [0.05, 0.1) is 0 Å². The monoisotopic (exact) mass is 180 g/mol. The van der Waals surface area contributed by atoms with Gasteiger partial charge in [-0.05, 0) is 57.7 Å². The highest BCUT2D eigenvalue weighted by Gasteiger charge is 2.42. The largest absolute Gasteiger partial charge is 0.316 e. The zero-order valence-corrected chi connectivity index (χ0v) is 8.50. The molecule has 0 radical (unpaired) electrons. The Kier molecular flexibility index (Phi) is 1.88. The molecule has 13 heavy (non-hydrogen) atoms. The molecule has 1 aliphatic carbocycles. The number of rotatable bonds is 1. The predicted molar refractivity (Wildman–Crippen MR) is 53.7 cm³/mol. The third kappa shape index (κ3) is 1.31. The second-order valence-electron chi connectivity index (χ2n) is 5.08. The molecule has 0 spiro atoms. The quantitative estimate of drug-likeness (QED) is 0.649. The zero-order valence-electron chi connectivity index (χ0n) is 8.50. The maximum Gasteiger partial charge on any atom is 0.0113 e. The first kappa shape index (κ1) is 8.25. The van der Waals surface area contributed by atoms with E-state index in [1.807, 2.05) is 0 Å². The molecule has 0 aromatic rings. The van der Waals surface area contributed by atoms with Crippen LogP contribution in [-0.2, 0) is 0 Å². The molecule has 2 saturated heterocycles. The molecule has 0 aromatic carbocycles. The van der Waals surface area contributed by atoms with Crippen LogP contribution >= 0.6 is 0 Å². The number of fused-ring (bicyclic) bond motifs is 1. The van der Waals surface area contributed by atoms with Gasteiger partial charge in [0.2, 0.25) is 0 Å². The summed E-state index contributed by atoms with van der Waals surface area (Å²) in [7, 11) is 0. The lowest BCUT2D eigenvalue weighted by molar-refractivity contribution is 0.0772. The molecule has 3 aliphatic rings. The van der Waals surface area contributed by atoms with E-state index in [-0.39, 0.29) is 0 Å². The molecule has 1 saturated carbocycles. The molecule has 0 aromatic heterocycles. The van der Waals surface area contributed by atoms with Gasteiger partial charge in [-0.1, -0.05) is 0 Å². The Balaban J connectivity index is 1.73. The minimum Gasteiger partial charge on any atom is -0.316 e. The van der Waals surface area contributed by atoms with E-state index in [1.165, 1.54) is 38.9 Å². The lowest BCUT2D eigenvalue weighted by Crippen LogP contribution is -2.48. The maximum atomic E-state index is 3.55. The summed E-state index contributed by atoms with van der Waals surface area (Å²) < 4.78 is 0. The van der Waals surface area contributed by atoms with Crippen molar-refractivity contribution in [2.24, 2.45) is 11.8 Å². The summed E-state index contributed by atoms with van der Waals surface area (Å²) in [6, 6.07) is 1.82. The van der Waals surface area contributed by atoms with Gasteiger partial charge in [0.1, 0.15) is 0 Å². The molecule has 2 aliphatic heterocycles. The number of hydrogen-bond acceptors (Lipinski definition) is 2. The van der Waals surface area contributed by atoms with Gasteiger partial charge in [0, 0.05) is 12.1 Å². The van der Waals surface area contributed by atoms with Crippen LogP contribution in [0, 0.1) is 11.8 Å². The van der Waals surface area contributed by atoms with Gasteiger partial charge in [0.15, 0.2) is 0 Å². The average molecular weight is 180 g/mol. The van der Waals surface area contributed by atoms with Gasteiger partial charge < -0.3 is 5.32 Å². The van der Waals surface area contributed by atoms with Gasteiger partial charge in [0.25, 0.3) is 0 Å².